The molecule has 2 aromatic carbocycles. The molecule has 8 nitrogen and oxygen atoms in total. The van der Waals surface area contributed by atoms with Crippen LogP contribution in [0, 0.1) is 0 Å². The van der Waals surface area contributed by atoms with Crippen molar-refractivity contribution in [3.8, 4) is 0 Å². The summed E-state index contributed by atoms with van der Waals surface area (Å²) in [5.41, 5.74) is 0.931. The predicted octanol–water partition coefficient (Wildman–Crippen LogP) is 5.35. The number of aliphatic hydroxyl groups excluding tert-OH is 1. The van der Waals surface area contributed by atoms with E-state index < -0.39 is 52.3 Å². The van der Waals surface area contributed by atoms with Gasteiger partial charge >= 0.3 is 12.3 Å². The minimum atomic E-state index is -4.48. The van der Waals surface area contributed by atoms with Gasteiger partial charge in [-0.2, -0.15) is 22.0 Å². The smallest absolute Gasteiger partial charge is 0.394 e. The number of carbonyl (C=O) groups excluding carboxylic acids is 1. The molecule has 2 heterocycles. The zero-order chi connectivity index (χ0) is 32.3. The van der Waals surface area contributed by atoms with Crippen LogP contribution in [0.25, 0.3) is 0 Å². The number of ether oxygens (including phenoxy) is 1. The fraction of sp³-hybridized carbons (Fsp3) is 0.400. The number of sulfone groups is 1. The molecule has 1 fully saturated rings. The fourth-order valence-corrected chi connectivity index (χ4v) is 5.85. The third-order valence-corrected chi connectivity index (χ3v) is 9.18. The van der Waals surface area contributed by atoms with Crippen LogP contribution in [-0.2, 0) is 20.8 Å². The van der Waals surface area contributed by atoms with Crippen molar-refractivity contribution < 1.29 is 45.0 Å². The largest absolute Gasteiger partial charge is 0.416 e. The summed E-state index contributed by atoms with van der Waals surface area (Å²) >= 11 is 0. The van der Waals surface area contributed by atoms with E-state index in [0.29, 0.717) is 31.1 Å². The molecule has 238 valence electrons. The summed E-state index contributed by atoms with van der Waals surface area (Å²) in [5.74, 6) is -0.899. The minimum Gasteiger partial charge on any atom is -0.394 e. The molecule has 2 N–H and O–H groups in total. The lowest BCUT2D eigenvalue weighted by Gasteiger charge is -2.28. The SMILES string of the molecule is CCS(=O)(=O)c1ccc([C@H](CO)NC(=O)c2ccc(N3CC(c4ccc(C(F)(F)F)cc4)C[C@H]3COC(C)(F)F)cc2)nc1. The van der Waals surface area contributed by atoms with Gasteiger partial charge in [0.05, 0.1) is 47.2 Å². The summed E-state index contributed by atoms with van der Waals surface area (Å²) < 4.78 is 95.0. The Morgan fingerprint density at radius 1 is 1.07 bits per heavy atom. The minimum absolute atomic E-state index is 0.0242. The molecule has 14 heteroatoms. The summed E-state index contributed by atoms with van der Waals surface area (Å²) in [4.78, 5) is 18.9. The maximum Gasteiger partial charge on any atom is 0.416 e. The van der Waals surface area contributed by atoms with Crippen LogP contribution in [0.5, 0.6) is 0 Å². The lowest BCUT2D eigenvalue weighted by atomic mass is 9.95. The van der Waals surface area contributed by atoms with Crippen molar-refractivity contribution in [2.45, 2.75) is 55.5 Å². The number of hydrogen-bond donors (Lipinski definition) is 2. The first-order chi connectivity index (χ1) is 20.6. The van der Waals surface area contributed by atoms with Crippen molar-refractivity contribution in [3.05, 3.63) is 89.2 Å². The van der Waals surface area contributed by atoms with E-state index >= 15 is 0 Å². The van der Waals surface area contributed by atoms with Crippen LogP contribution in [0.4, 0.5) is 27.6 Å². The molecule has 3 atom stereocenters. The van der Waals surface area contributed by atoms with Crippen LogP contribution in [0.1, 0.15) is 59.4 Å². The molecule has 44 heavy (non-hydrogen) atoms. The molecule has 1 aromatic heterocycles. The van der Waals surface area contributed by atoms with Crippen LogP contribution < -0.4 is 10.2 Å². The molecule has 0 spiro atoms. The van der Waals surface area contributed by atoms with Gasteiger partial charge in [-0.25, -0.2) is 8.42 Å². The quantitative estimate of drug-likeness (QED) is 0.272. The van der Waals surface area contributed by atoms with E-state index in [1.54, 1.807) is 12.1 Å². The highest BCUT2D eigenvalue weighted by Gasteiger charge is 2.36. The topological polar surface area (TPSA) is 109 Å². The molecule has 1 unspecified atom stereocenters. The molecule has 0 radical (unpaired) electrons. The Bertz CT molecular complexity index is 1530. The van der Waals surface area contributed by atoms with E-state index in [9.17, 15) is 40.3 Å². The summed E-state index contributed by atoms with van der Waals surface area (Å²) in [7, 11) is -3.47. The van der Waals surface area contributed by atoms with Gasteiger partial charge in [0.1, 0.15) is 0 Å². The summed E-state index contributed by atoms with van der Waals surface area (Å²) in [6, 6.07) is 12.4. The van der Waals surface area contributed by atoms with Crippen LogP contribution in [0.3, 0.4) is 0 Å². The van der Waals surface area contributed by atoms with E-state index in [-0.39, 0.29) is 34.4 Å². The number of halogens is 5. The zero-order valence-corrected chi connectivity index (χ0v) is 24.7. The van der Waals surface area contributed by atoms with Gasteiger partial charge in [-0.15, -0.1) is 0 Å². The highest BCUT2D eigenvalue weighted by Crippen LogP contribution is 2.37. The number of aromatic nitrogens is 1. The fourth-order valence-electron chi connectivity index (χ4n) is 5.03. The molecule has 0 saturated carbocycles. The normalized spacial score (nSPS) is 18.3. The molecule has 3 aromatic rings. The number of alkyl halides is 5. The number of aliphatic hydroxyl groups is 1. The van der Waals surface area contributed by atoms with Gasteiger partial charge in [0.25, 0.3) is 5.91 Å². The second-order valence-electron chi connectivity index (χ2n) is 10.6. The van der Waals surface area contributed by atoms with Gasteiger partial charge < -0.3 is 20.1 Å². The van der Waals surface area contributed by atoms with Gasteiger partial charge in [-0.3, -0.25) is 9.78 Å². The molecular formula is C30H32F5N3O5S. The number of carbonyl (C=O) groups is 1. The standard InChI is InChI=1S/C30H32F5N3O5S/c1-3-44(41,42)25-12-13-26(36-15-25)27(17-39)37-28(40)20-6-10-23(11-7-20)38-16-21(14-24(38)18-43-29(2,31)32)19-4-8-22(9-5-19)30(33,34)35/h4-13,15,21,24,27,39H,3,14,16-18H2,1-2H3,(H,37,40)/t21?,24-,27-/m0/s1. The van der Waals surface area contributed by atoms with Crippen LogP contribution in [0.15, 0.2) is 71.8 Å². The Morgan fingerprint density at radius 3 is 2.25 bits per heavy atom. The number of nitrogens with one attached hydrogen (secondary N) is 1. The highest BCUT2D eigenvalue weighted by molar-refractivity contribution is 7.91. The molecule has 1 saturated heterocycles. The van der Waals surface area contributed by atoms with Crippen molar-refractivity contribution in [1.82, 2.24) is 10.3 Å². The number of nitrogens with zero attached hydrogens (tertiary/aromatic N) is 2. The molecular weight excluding hydrogens is 609 g/mol. The van der Waals surface area contributed by atoms with E-state index in [2.05, 4.69) is 10.3 Å². The molecule has 1 aliphatic rings. The number of amides is 1. The number of anilines is 1. The van der Waals surface area contributed by atoms with Gasteiger partial charge in [0.2, 0.25) is 0 Å². The maximum atomic E-state index is 13.5. The summed E-state index contributed by atoms with van der Waals surface area (Å²) in [6.45, 7) is 1.63. The van der Waals surface area contributed by atoms with Crippen molar-refractivity contribution >= 4 is 21.4 Å². The summed E-state index contributed by atoms with van der Waals surface area (Å²) in [5, 5.41) is 12.5. The van der Waals surface area contributed by atoms with Gasteiger partial charge in [0.15, 0.2) is 9.84 Å². The predicted molar refractivity (Wildman–Crippen MR) is 152 cm³/mol. The molecule has 4 rings (SSSR count). The summed E-state index contributed by atoms with van der Waals surface area (Å²) in [6.07, 6.45) is -6.33. The number of rotatable bonds is 11. The van der Waals surface area contributed by atoms with Crippen molar-refractivity contribution in [2.75, 3.05) is 30.4 Å². The number of pyridine rings is 1. The highest BCUT2D eigenvalue weighted by atomic mass is 32.2. The first kappa shape index (κ1) is 33.3. The Kier molecular flexibility index (Phi) is 9.96. The lowest BCUT2D eigenvalue weighted by Crippen LogP contribution is -2.35. The first-order valence-corrected chi connectivity index (χ1v) is 15.4. The Morgan fingerprint density at radius 2 is 1.73 bits per heavy atom. The second-order valence-corrected chi connectivity index (χ2v) is 12.8. The van der Waals surface area contributed by atoms with Gasteiger partial charge in [-0.1, -0.05) is 19.1 Å². The molecule has 1 amide bonds. The van der Waals surface area contributed by atoms with Crippen LogP contribution >= 0.6 is 0 Å². The lowest BCUT2D eigenvalue weighted by molar-refractivity contribution is -0.225. The maximum absolute atomic E-state index is 13.5. The van der Waals surface area contributed by atoms with E-state index in [0.717, 1.165) is 12.1 Å². The van der Waals surface area contributed by atoms with Gasteiger partial charge in [0, 0.05) is 36.8 Å². The van der Waals surface area contributed by atoms with E-state index in [4.69, 9.17) is 4.74 Å². The average molecular weight is 642 g/mol. The zero-order valence-electron chi connectivity index (χ0n) is 23.9. The Labute approximate surface area is 251 Å². The van der Waals surface area contributed by atoms with Crippen LogP contribution in [0.2, 0.25) is 0 Å². The number of benzene rings is 2. The monoisotopic (exact) mass is 641 g/mol. The van der Waals surface area contributed by atoms with E-state index in [1.165, 1.54) is 49.5 Å². The third kappa shape index (κ3) is 8.10. The molecule has 1 aliphatic heterocycles. The van der Waals surface area contributed by atoms with Crippen molar-refractivity contribution in [1.29, 1.82) is 0 Å². The molecule has 0 bridgehead atoms. The van der Waals surface area contributed by atoms with E-state index in [1.807, 2.05) is 4.90 Å². The van der Waals surface area contributed by atoms with Crippen LogP contribution in [-0.4, -0.2) is 62.1 Å². The van der Waals surface area contributed by atoms with Gasteiger partial charge in [-0.05, 0) is 60.5 Å². The Hall–Kier alpha value is -3.62. The first-order valence-electron chi connectivity index (χ1n) is 13.8. The van der Waals surface area contributed by atoms with Crippen molar-refractivity contribution in [2.24, 2.45) is 0 Å². The van der Waals surface area contributed by atoms with Crippen molar-refractivity contribution in [3.63, 3.8) is 0 Å². The average Bonchev–Trinajstić information content (AvgIpc) is 3.42. The Balaban J connectivity index is 1.49. The second kappa shape index (κ2) is 13.2. The third-order valence-electron chi connectivity index (χ3n) is 7.46. The number of hydrogen-bond acceptors (Lipinski definition) is 7. The molecule has 0 aliphatic carbocycles.